The van der Waals surface area contributed by atoms with Crippen LogP contribution in [0.2, 0.25) is 0 Å². The number of Topliss-reactive ketones (excluding diaryl/α,β-unsaturated/α-hetero) is 1. The maximum absolute atomic E-state index is 13.4. The number of benzene rings is 1. The van der Waals surface area contributed by atoms with Crippen LogP contribution in [0.4, 0.5) is 10.1 Å². The molecule has 176 valence electrons. The monoisotopic (exact) mass is 441 g/mol. The number of carbonyl (C=O) groups excluding carboxylic acids is 1. The first-order valence-electron chi connectivity index (χ1n) is 12.9. The van der Waals surface area contributed by atoms with Gasteiger partial charge in [-0.05, 0) is 123 Å². The third kappa shape index (κ3) is 3.81. The molecule has 4 aliphatic rings. The molecule has 4 fully saturated rings. The second-order valence-electron chi connectivity index (χ2n) is 12.2. The smallest absolute Gasteiger partial charge is 0.155 e. The molecule has 9 atom stereocenters. The van der Waals surface area contributed by atoms with Gasteiger partial charge in [-0.15, -0.1) is 0 Å². The maximum atomic E-state index is 13.4. The van der Waals surface area contributed by atoms with E-state index in [2.05, 4.69) is 19.2 Å². The topological polar surface area (TPSA) is 49.3 Å². The average molecular weight is 442 g/mol. The highest BCUT2D eigenvalue weighted by molar-refractivity contribution is 5.86. The third-order valence-corrected chi connectivity index (χ3v) is 10.2. The van der Waals surface area contributed by atoms with Gasteiger partial charge in [0, 0.05) is 11.6 Å². The molecule has 0 aliphatic heterocycles. The summed E-state index contributed by atoms with van der Waals surface area (Å²) in [6, 6.07) is 6.28. The van der Waals surface area contributed by atoms with Gasteiger partial charge in [-0.25, -0.2) is 4.39 Å². The Morgan fingerprint density at radius 3 is 2.53 bits per heavy atom. The van der Waals surface area contributed by atoms with E-state index in [1.54, 1.807) is 12.1 Å². The molecule has 0 radical (unpaired) electrons. The lowest BCUT2D eigenvalue weighted by Gasteiger charge is -2.57. The van der Waals surface area contributed by atoms with E-state index in [1.807, 2.05) is 6.92 Å². The highest BCUT2D eigenvalue weighted by Crippen LogP contribution is 2.66. The Bertz CT molecular complexity index is 851. The van der Waals surface area contributed by atoms with E-state index >= 15 is 0 Å². The minimum absolute atomic E-state index is 0.106. The predicted molar refractivity (Wildman–Crippen MR) is 126 cm³/mol. The lowest BCUT2D eigenvalue weighted by Crippen LogP contribution is -2.52. The predicted octanol–water partition coefficient (Wildman–Crippen LogP) is 6.07. The summed E-state index contributed by atoms with van der Waals surface area (Å²) in [5.41, 5.74) is 0.449. The minimum atomic E-state index is -0.465. The molecule has 0 aromatic heterocycles. The quantitative estimate of drug-likeness (QED) is 0.596. The fourth-order valence-corrected chi connectivity index (χ4v) is 9.00. The fourth-order valence-electron chi connectivity index (χ4n) is 9.00. The summed E-state index contributed by atoms with van der Waals surface area (Å²) in [6.45, 7) is 7.17. The highest BCUT2D eigenvalue weighted by atomic mass is 19.1. The third-order valence-electron chi connectivity index (χ3n) is 10.2. The number of aliphatic hydroxyl groups is 1. The Hall–Kier alpha value is -1.42. The second-order valence-corrected chi connectivity index (χ2v) is 12.2. The average Bonchev–Trinajstić information content (AvgIpc) is 3.03. The van der Waals surface area contributed by atoms with Gasteiger partial charge >= 0.3 is 0 Å². The lowest BCUT2D eigenvalue weighted by atomic mass is 9.48. The fraction of sp³-hybridized carbons (Fsp3) is 0.750. The van der Waals surface area contributed by atoms with E-state index in [-0.39, 0.29) is 17.2 Å². The van der Waals surface area contributed by atoms with Crippen LogP contribution in [0.5, 0.6) is 0 Å². The van der Waals surface area contributed by atoms with Crippen molar-refractivity contribution in [1.29, 1.82) is 0 Å². The van der Waals surface area contributed by atoms with Gasteiger partial charge < -0.3 is 10.4 Å². The zero-order valence-corrected chi connectivity index (χ0v) is 19.9. The van der Waals surface area contributed by atoms with Crippen molar-refractivity contribution in [2.45, 2.75) is 77.7 Å². The van der Waals surface area contributed by atoms with Gasteiger partial charge in [0.05, 0.1) is 12.1 Å². The summed E-state index contributed by atoms with van der Waals surface area (Å²) in [6.07, 6.45) is 9.07. The Morgan fingerprint density at radius 2 is 1.78 bits per heavy atom. The lowest BCUT2D eigenvalue weighted by molar-refractivity contribution is -0.131. The standard InChI is InChI=1S/C28H40FNO2/c1-17-14-24(25(31)16-30-20-7-5-19(29)6-8-20)28(3)13-11-22-21-10-12-27(2,32)15-18(21)4-9-23(22)26(17)28/h5-8,17-18,21-24,26,30,32H,4,9-16H2,1-3H3/t17-,18-,21+,22-,23-,24-,26?,27-,28-/m1/s1. The van der Waals surface area contributed by atoms with Crippen LogP contribution in [0, 0.1) is 52.7 Å². The summed E-state index contributed by atoms with van der Waals surface area (Å²) >= 11 is 0. The summed E-state index contributed by atoms with van der Waals surface area (Å²) in [5, 5.41) is 13.9. The van der Waals surface area contributed by atoms with E-state index in [4.69, 9.17) is 0 Å². The molecule has 32 heavy (non-hydrogen) atoms. The number of hydrogen-bond donors (Lipinski definition) is 2. The van der Waals surface area contributed by atoms with Crippen LogP contribution in [0.15, 0.2) is 24.3 Å². The number of halogens is 1. The summed E-state index contributed by atoms with van der Waals surface area (Å²) < 4.78 is 13.2. The number of nitrogens with one attached hydrogen (secondary N) is 1. The van der Waals surface area contributed by atoms with Gasteiger partial charge in [0.15, 0.2) is 5.78 Å². The Balaban J connectivity index is 1.29. The number of fused-ring (bicyclic) bond motifs is 5. The molecular formula is C28H40FNO2. The largest absolute Gasteiger partial charge is 0.390 e. The van der Waals surface area contributed by atoms with Crippen molar-refractivity contribution < 1.29 is 14.3 Å². The van der Waals surface area contributed by atoms with Crippen molar-refractivity contribution in [1.82, 2.24) is 0 Å². The first-order chi connectivity index (χ1) is 15.2. The maximum Gasteiger partial charge on any atom is 0.155 e. The molecule has 5 rings (SSSR count). The Labute approximate surface area is 192 Å². The minimum Gasteiger partial charge on any atom is -0.390 e. The number of carbonyl (C=O) groups is 1. The van der Waals surface area contributed by atoms with Crippen LogP contribution in [0.1, 0.15) is 72.1 Å². The van der Waals surface area contributed by atoms with Crippen molar-refractivity contribution in [3.8, 4) is 0 Å². The summed E-state index contributed by atoms with van der Waals surface area (Å²) in [7, 11) is 0. The molecule has 4 saturated carbocycles. The molecule has 4 aliphatic carbocycles. The molecule has 0 heterocycles. The molecule has 0 saturated heterocycles. The van der Waals surface area contributed by atoms with E-state index in [1.165, 1.54) is 37.8 Å². The van der Waals surface area contributed by atoms with Gasteiger partial charge in [-0.2, -0.15) is 0 Å². The van der Waals surface area contributed by atoms with Crippen LogP contribution < -0.4 is 5.32 Å². The van der Waals surface area contributed by atoms with E-state index in [0.717, 1.165) is 49.1 Å². The van der Waals surface area contributed by atoms with E-state index in [0.29, 0.717) is 30.1 Å². The zero-order chi connectivity index (χ0) is 22.7. The van der Waals surface area contributed by atoms with Crippen LogP contribution in [-0.4, -0.2) is 23.0 Å². The van der Waals surface area contributed by atoms with Crippen LogP contribution in [0.3, 0.4) is 0 Å². The van der Waals surface area contributed by atoms with Crippen molar-refractivity contribution >= 4 is 11.5 Å². The number of ketones is 1. The molecule has 2 N–H and O–H groups in total. The Kier molecular flexibility index (Phi) is 5.67. The van der Waals surface area contributed by atoms with Crippen molar-refractivity contribution in [2.24, 2.45) is 46.8 Å². The van der Waals surface area contributed by atoms with Crippen LogP contribution >= 0.6 is 0 Å². The van der Waals surface area contributed by atoms with Gasteiger partial charge in [0.1, 0.15) is 5.82 Å². The van der Waals surface area contributed by atoms with Gasteiger partial charge in [0.2, 0.25) is 0 Å². The van der Waals surface area contributed by atoms with E-state index < -0.39 is 5.60 Å². The van der Waals surface area contributed by atoms with Crippen LogP contribution in [-0.2, 0) is 4.79 Å². The SMILES string of the molecule is C[C@@H]1C[C@H](C(=O)CNc2ccc(F)cc2)[C@@]2(C)CC[C@@H]3[C@H]4CC[C@@](C)(O)C[C@H]4CC[C@H]3C12. The normalized spacial score (nSPS) is 45.5. The van der Waals surface area contributed by atoms with E-state index in [9.17, 15) is 14.3 Å². The van der Waals surface area contributed by atoms with Gasteiger partial charge in [-0.1, -0.05) is 13.8 Å². The molecular weight excluding hydrogens is 401 g/mol. The second kappa shape index (κ2) is 8.11. The highest BCUT2D eigenvalue weighted by Gasteiger charge is 2.60. The van der Waals surface area contributed by atoms with Gasteiger partial charge in [0.25, 0.3) is 0 Å². The summed E-state index contributed by atoms with van der Waals surface area (Å²) in [5.74, 6) is 4.44. The summed E-state index contributed by atoms with van der Waals surface area (Å²) in [4.78, 5) is 13.4. The van der Waals surface area contributed by atoms with Crippen LogP contribution in [0.25, 0.3) is 0 Å². The molecule has 0 bridgehead atoms. The molecule has 1 aromatic rings. The van der Waals surface area contributed by atoms with Crippen molar-refractivity contribution in [3.63, 3.8) is 0 Å². The first-order valence-corrected chi connectivity index (χ1v) is 12.9. The zero-order valence-electron chi connectivity index (χ0n) is 19.9. The van der Waals surface area contributed by atoms with Crippen molar-refractivity contribution in [3.05, 3.63) is 30.1 Å². The molecule has 0 spiro atoms. The van der Waals surface area contributed by atoms with Crippen molar-refractivity contribution in [2.75, 3.05) is 11.9 Å². The number of hydrogen-bond acceptors (Lipinski definition) is 3. The molecule has 3 nitrogen and oxygen atoms in total. The Morgan fingerprint density at radius 1 is 1.06 bits per heavy atom. The molecule has 4 heteroatoms. The molecule has 1 aromatic carbocycles. The first kappa shape index (κ1) is 22.4. The molecule has 0 amide bonds. The number of rotatable bonds is 4. The van der Waals surface area contributed by atoms with Gasteiger partial charge in [-0.3, -0.25) is 4.79 Å². The number of anilines is 1. The molecule has 1 unspecified atom stereocenters.